The fourth-order valence-corrected chi connectivity index (χ4v) is 2.55. The second kappa shape index (κ2) is 5.80. The van der Waals surface area contributed by atoms with Gasteiger partial charge in [0.15, 0.2) is 0 Å². The number of rotatable bonds is 1. The molecule has 2 atom stereocenters. The molecule has 0 bridgehead atoms. The van der Waals surface area contributed by atoms with E-state index in [1.54, 1.807) is 6.07 Å². The molecular weight excluding hydrogens is 262 g/mol. The molecule has 1 fully saturated rings. The van der Waals surface area contributed by atoms with Gasteiger partial charge in [0, 0.05) is 35.9 Å². The summed E-state index contributed by atoms with van der Waals surface area (Å²) >= 11 is 6.05. The minimum absolute atomic E-state index is 0.0693. The van der Waals surface area contributed by atoms with Crippen LogP contribution in [0.3, 0.4) is 0 Å². The Hall–Kier alpha value is -1.26. The average Bonchev–Trinajstić information content (AvgIpc) is 2.32. The van der Waals surface area contributed by atoms with E-state index in [1.807, 2.05) is 24.0 Å². The molecule has 0 radical (unpaired) electrons. The van der Waals surface area contributed by atoms with E-state index in [0.29, 0.717) is 17.1 Å². The van der Waals surface area contributed by atoms with Gasteiger partial charge in [-0.15, -0.1) is 0 Å². The Morgan fingerprint density at radius 1 is 1.37 bits per heavy atom. The first kappa shape index (κ1) is 14.2. The maximum Gasteiger partial charge on any atom is 0.321 e. The van der Waals surface area contributed by atoms with Crippen molar-refractivity contribution in [1.82, 2.24) is 10.2 Å². The van der Waals surface area contributed by atoms with Crippen molar-refractivity contribution in [2.75, 3.05) is 18.4 Å². The first-order chi connectivity index (χ1) is 8.95. The van der Waals surface area contributed by atoms with E-state index in [-0.39, 0.29) is 6.03 Å². The lowest BCUT2D eigenvalue weighted by Crippen LogP contribution is -2.56. The number of amides is 2. The number of aryl methyl sites for hydroxylation is 1. The maximum atomic E-state index is 12.2. The topological polar surface area (TPSA) is 44.4 Å². The molecule has 2 amide bonds. The highest BCUT2D eigenvalue weighted by molar-refractivity contribution is 6.31. The molecule has 1 saturated heterocycles. The number of hydrogen-bond acceptors (Lipinski definition) is 2. The number of piperazine rings is 1. The third-order valence-electron chi connectivity index (χ3n) is 3.27. The molecule has 104 valence electrons. The van der Waals surface area contributed by atoms with Gasteiger partial charge in [-0.3, -0.25) is 0 Å². The molecule has 5 heteroatoms. The zero-order chi connectivity index (χ0) is 14.0. The summed E-state index contributed by atoms with van der Waals surface area (Å²) in [6.45, 7) is 7.54. The molecule has 1 heterocycles. The zero-order valence-electron chi connectivity index (χ0n) is 11.5. The molecule has 4 nitrogen and oxygen atoms in total. The Bertz CT molecular complexity index is 468. The molecule has 1 aromatic carbocycles. The molecule has 1 aliphatic rings. The van der Waals surface area contributed by atoms with Gasteiger partial charge in [0.2, 0.25) is 0 Å². The van der Waals surface area contributed by atoms with Crippen LogP contribution in [0.1, 0.15) is 19.4 Å². The second-order valence-corrected chi connectivity index (χ2v) is 5.68. The van der Waals surface area contributed by atoms with Gasteiger partial charge in [-0.25, -0.2) is 4.79 Å². The molecule has 1 aromatic rings. The van der Waals surface area contributed by atoms with Crippen LogP contribution < -0.4 is 10.6 Å². The van der Waals surface area contributed by atoms with Gasteiger partial charge >= 0.3 is 6.03 Å². The van der Waals surface area contributed by atoms with Crippen LogP contribution >= 0.6 is 11.6 Å². The standard InChI is InChI=1S/C14H20ClN3O/c1-9-4-5-12(6-13(9)15)17-14(19)18-7-10(2)16-11(3)8-18/h4-6,10-11,16H,7-8H2,1-3H3,(H,17,19). The smallest absolute Gasteiger partial charge is 0.321 e. The second-order valence-electron chi connectivity index (χ2n) is 5.27. The number of halogens is 1. The van der Waals surface area contributed by atoms with Crippen molar-refractivity contribution in [3.8, 4) is 0 Å². The van der Waals surface area contributed by atoms with Crippen LogP contribution in [0, 0.1) is 6.92 Å². The third kappa shape index (κ3) is 3.61. The van der Waals surface area contributed by atoms with Crippen LogP contribution in [-0.4, -0.2) is 36.1 Å². The monoisotopic (exact) mass is 281 g/mol. The highest BCUT2D eigenvalue weighted by atomic mass is 35.5. The summed E-state index contributed by atoms with van der Waals surface area (Å²) in [5, 5.41) is 6.96. The van der Waals surface area contributed by atoms with Crippen LogP contribution in [-0.2, 0) is 0 Å². The lowest BCUT2D eigenvalue weighted by Gasteiger charge is -2.36. The minimum Gasteiger partial charge on any atom is -0.321 e. The predicted octanol–water partition coefficient (Wildman–Crippen LogP) is 2.86. The average molecular weight is 282 g/mol. The van der Waals surface area contributed by atoms with Crippen LogP contribution in [0.4, 0.5) is 10.5 Å². The molecule has 0 saturated carbocycles. The zero-order valence-corrected chi connectivity index (χ0v) is 12.3. The van der Waals surface area contributed by atoms with E-state index >= 15 is 0 Å². The van der Waals surface area contributed by atoms with Gasteiger partial charge in [0.1, 0.15) is 0 Å². The first-order valence-corrected chi connectivity index (χ1v) is 6.91. The fraction of sp³-hybridized carbons (Fsp3) is 0.500. The number of carbonyl (C=O) groups excluding carboxylic acids is 1. The number of nitrogens with one attached hydrogen (secondary N) is 2. The predicted molar refractivity (Wildman–Crippen MR) is 78.8 cm³/mol. The lowest BCUT2D eigenvalue weighted by molar-refractivity contribution is 0.176. The summed E-state index contributed by atoms with van der Waals surface area (Å²) in [6, 6.07) is 6.12. The maximum absolute atomic E-state index is 12.2. The Labute approximate surface area is 119 Å². The largest absolute Gasteiger partial charge is 0.321 e. The normalized spacial score (nSPS) is 23.3. The van der Waals surface area contributed by atoms with Crippen LogP contribution in [0.15, 0.2) is 18.2 Å². The third-order valence-corrected chi connectivity index (χ3v) is 3.68. The minimum atomic E-state index is -0.0693. The first-order valence-electron chi connectivity index (χ1n) is 6.54. The molecule has 2 N–H and O–H groups in total. The van der Waals surface area contributed by atoms with Crippen molar-refractivity contribution in [1.29, 1.82) is 0 Å². The number of hydrogen-bond donors (Lipinski definition) is 2. The molecule has 0 aliphatic carbocycles. The van der Waals surface area contributed by atoms with Crippen molar-refractivity contribution in [3.63, 3.8) is 0 Å². The molecule has 1 aliphatic heterocycles. The number of urea groups is 1. The van der Waals surface area contributed by atoms with Crippen LogP contribution in [0.2, 0.25) is 5.02 Å². The quantitative estimate of drug-likeness (QED) is 0.831. The Morgan fingerprint density at radius 3 is 2.58 bits per heavy atom. The summed E-state index contributed by atoms with van der Waals surface area (Å²) in [7, 11) is 0. The highest BCUT2D eigenvalue weighted by Gasteiger charge is 2.24. The van der Waals surface area contributed by atoms with E-state index < -0.39 is 0 Å². The van der Waals surface area contributed by atoms with Gasteiger partial charge in [0.05, 0.1) is 0 Å². The van der Waals surface area contributed by atoms with E-state index in [2.05, 4.69) is 24.5 Å². The summed E-state index contributed by atoms with van der Waals surface area (Å²) in [5.41, 5.74) is 1.74. The fourth-order valence-electron chi connectivity index (χ4n) is 2.37. The SMILES string of the molecule is Cc1ccc(NC(=O)N2CC(C)NC(C)C2)cc1Cl. The molecule has 0 aromatic heterocycles. The number of nitrogens with zero attached hydrogens (tertiary/aromatic N) is 1. The molecule has 2 rings (SSSR count). The van der Waals surface area contributed by atoms with Crippen LogP contribution in [0.5, 0.6) is 0 Å². The lowest BCUT2D eigenvalue weighted by atomic mass is 10.1. The highest BCUT2D eigenvalue weighted by Crippen LogP contribution is 2.20. The molecule has 19 heavy (non-hydrogen) atoms. The van der Waals surface area contributed by atoms with Crippen molar-refractivity contribution in [3.05, 3.63) is 28.8 Å². The summed E-state index contributed by atoms with van der Waals surface area (Å²) in [5.74, 6) is 0. The Kier molecular flexibility index (Phi) is 4.32. The van der Waals surface area contributed by atoms with E-state index in [1.165, 1.54) is 0 Å². The van der Waals surface area contributed by atoms with Crippen molar-refractivity contribution >= 4 is 23.3 Å². The Balaban J connectivity index is 2.02. The summed E-state index contributed by atoms with van der Waals surface area (Å²) in [6.07, 6.45) is 0. The number of benzene rings is 1. The molecular formula is C14H20ClN3O. The van der Waals surface area contributed by atoms with E-state index in [4.69, 9.17) is 11.6 Å². The number of anilines is 1. The molecule has 2 unspecified atom stereocenters. The van der Waals surface area contributed by atoms with Crippen molar-refractivity contribution in [2.45, 2.75) is 32.9 Å². The number of carbonyl (C=O) groups is 1. The van der Waals surface area contributed by atoms with Gasteiger partial charge < -0.3 is 15.5 Å². The van der Waals surface area contributed by atoms with Gasteiger partial charge in [-0.05, 0) is 38.5 Å². The van der Waals surface area contributed by atoms with Gasteiger partial charge in [0.25, 0.3) is 0 Å². The van der Waals surface area contributed by atoms with Gasteiger partial charge in [-0.1, -0.05) is 17.7 Å². The van der Waals surface area contributed by atoms with Crippen molar-refractivity contribution in [2.24, 2.45) is 0 Å². The van der Waals surface area contributed by atoms with Crippen LogP contribution in [0.25, 0.3) is 0 Å². The summed E-state index contributed by atoms with van der Waals surface area (Å²) < 4.78 is 0. The van der Waals surface area contributed by atoms with Crippen molar-refractivity contribution < 1.29 is 4.79 Å². The Morgan fingerprint density at radius 2 is 2.00 bits per heavy atom. The molecule has 0 spiro atoms. The van der Waals surface area contributed by atoms with Gasteiger partial charge in [-0.2, -0.15) is 0 Å². The summed E-state index contributed by atoms with van der Waals surface area (Å²) in [4.78, 5) is 14.0. The van der Waals surface area contributed by atoms with E-state index in [0.717, 1.165) is 24.3 Å². The van der Waals surface area contributed by atoms with E-state index in [9.17, 15) is 4.79 Å².